The van der Waals surface area contributed by atoms with Crippen molar-refractivity contribution in [3.05, 3.63) is 35.4 Å². The Morgan fingerprint density at radius 1 is 1.31 bits per heavy atom. The Morgan fingerprint density at radius 3 is 2.62 bits per heavy atom. The summed E-state index contributed by atoms with van der Waals surface area (Å²) in [5.74, 6) is 2.39. The van der Waals surface area contributed by atoms with Crippen molar-refractivity contribution in [3.63, 3.8) is 0 Å². The van der Waals surface area contributed by atoms with Crippen molar-refractivity contribution in [2.75, 3.05) is 11.5 Å². The number of hydrogen-bond donors (Lipinski definition) is 1. The van der Waals surface area contributed by atoms with Gasteiger partial charge in [0, 0.05) is 23.9 Å². The third kappa shape index (κ3) is 3.19. The Balaban J connectivity index is 1.84. The molecule has 1 nitrogen and oxygen atoms in total. The minimum atomic E-state index is -2.37. The number of rotatable bonds is 4. The Labute approximate surface area is 98.6 Å². The van der Waals surface area contributed by atoms with E-state index >= 15 is 0 Å². The Kier molecular flexibility index (Phi) is 4.18. The Bertz CT molecular complexity index is 320. The van der Waals surface area contributed by atoms with Gasteiger partial charge in [0.25, 0.3) is 6.43 Å². The molecular weight excluding hydrogens is 228 g/mol. The first kappa shape index (κ1) is 11.9. The van der Waals surface area contributed by atoms with Crippen molar-refractivity contribution in [2.45, 2.75) is 25.4 Å². The van der Waals surface area contributed by atoms with Gasteiger partial charge in [-0.05, 0) is 17.7 Å². The van der Waals surface area contributed by atoms with Crippen LogP contribution in [-0.2, 0) is 6.54 Å². The van der Waals surface area contributed by atoms with Gasteiger partial charge in [0.2, 0.25) is 0 Å². The molecule has 1 N–H and O–H groups in total. The van der Waals surface area contributed by atoms with Gasteiger partial charge < -0.3 is 5.32 Å². The molecule has 0 amide bonds. The highest BCUT2D eigenvalue weighted by Gasteiger charge is 2.14. The zero-order chi connectivity index (χ0) is 11.4. The molecule has 0 aliphatic carbocycles. The third-order valence-corrected chi connectivity index (χ3v) is 3.92. The average molecular weight is 243 g/mol. The number of nitrogens with one attached hydrogen (secondary N) is 1. The SMILES string of the molecule is FC(F)c1ccc(CNC2CCSC2)cc1. The van der Waals surface area contributed by atoms with Gasteiger partial charge in [0.1, 0.15) is 0 Å². The van der Waals surface area contributed by atoms with Crippen LogP contribution in [0, 0.1) is 0 Å². The van der Waals surface area contributed by atoms with Gasteiger partial charge in [-0.15, -0.1) is 0 Å². The summed E-state index contributed by atoms with van der Waals surface area (Å²) in [5, 5.41) is 3.44. The molecule has 0 bridgehead atoms. The standard InChI is InChI=1S/C12H15F2NS/c13-12(14)10-3-1-9(2-4-10)7-15-11-5-6-16-8-11/h1-4,11-12,15H,5-8H2. The van der Waals surface area contributed by atoms with Crippen LogP contribution in [0.15, 0.2) is 24.3 Å². The zero-order valence-corrected chi connectivity index (χ0v) is 9.77. The lowest BCUT2D eigenvalue weighted by Crippen LogP contribution is -2.27. The Morgan fingerprint density at radius 2 is 2.06 bits per heavy atom. The van der Waals surface area contributed by atoms with Crippen LogP contribution in [0.2, 0.25) is 0 Å². The van der Waals surface area contributed by atoms with Crippen LogP contribution < -0.4 is 5.32 Å². The lowest BCUT2D eigenvalue weighted by molar-refractivity contribution is 0.151. The molecule has 1 aliphatic rings. The minimum Gasteiger partial charge on any atom is -0.309 e. The number of thioether (sulfide) groups is 1. The molecule has 2 rings (SSSR count). The predicted molar refractivity (Wildman–Crippen MR) is 64.0 cm³/mol. The first-order chi connectivity index (χ1) is 7.75. The molecular formula is C12H15F2NS. The van der Waals surface area contributed by atoms with Crippen molar-refractivity contribution in [3.8, 4) is 0 Å². The van der Waals surface area contributed by atoms with Crippen LogP contribution in [0.4, 0.5) is 8.78 Å². The molecule has 88 valence electrons. The van der Waals surface area contributed by atoms with E-state index in [0.717, 1.165) is 17.9 Å². The van der Waals surface area contributed by atoms with Crippen LogP contribution in [0.25, 0.3) is 0 Å². The van der Waals surface area contributed by atoms with E-state index in [1.165, 1.54) is 24.3 Å². The molecule has 1 aromatic rings. The molecule has 0 aromatic heterocycles. The Hall–Kier alpha value is -0.610. The molecule has 1 unspecified atom stereocenters. The highest BCUT2D eigenvalue weighted by atomic mass is 32.2. The summed E-state index contributed by atoms with van der Waals surface area (Å²) in [6.07, 6.45) is -1.16. The fourth-order valence-electron chi connectivity index (χ4n) is 1.74. The predicted octanol–water partition coefficient (Wildman–Crippen LogP) is 3.22. The normalized spacial score (nSPS) is 20.6. The smallest absolute Gasteiger partial charge is 0.263 e. The van der Waals surface area contributed by atoms with E-state index in [0.29, 0.717) is 6.04 Å². The lowest BCUT2D eigenvalue weighted by Gasteiger charge is -2.11. The summed E-state index contributed by atoms with van der Waals surface area (Å²) in [7, 11) is 0. The quantitative estimate of drug-likeness (QED) is 0.871. The summed E-state index contributed by atoms with van der Waals surface area (Å²) in [5.41, 5.74) is 1.17. The van der Waals surface area contributed by atoms with Gasteiger partial charge in [-0.1, -0.05) is 24.3 Å². The summed E-state index contributed by atoms with van der Waals surface area (Å²) < 4.78 is 24.6. The largest absolute Gasteiger partial charge is 0.309 e. The molecule has 1 aliphatic heterocycles. The van der Waals surface area contributed by atoms with Gasteiger partial charge in [-0.3, -0.25) is 0 Å². The van der Waals surface area contributed by atoms with Gasteiger partial charge in [0.15, 0.2) is 0 Å². The second-order valence-corrected chi connectivity index (χ2v) is 5.13. The van der Waals surface area contributed by atoms with E-state index in [9.17, 15) is 8.78 Å². The molecule has 1 heterocycles. The number of benzene rings is 1. The van der Waals surface area contributed by atoms with Crippen molar-refractivity contribution in [1.29, 1.82) is 0 Å². The summed E-state index contributed by atoms with van der Waals surface area (Å²) in [6.45, 7) is 0.773. The summed E-state index contributed by atoms with van der Waals surface area (Å²) in [6, 6.07) is 7.14. The maximum Gasteiger partial charge on any atom is 0.263 e. The summed E-state index contributed by atoms with van der Waals surface area (Å²) in [4.78, 5) is 0. The fraction of sp³-hybridized carbons (Fsp3) is 0.500. The number of hydrogen-bond acceptors (Lipinski definition) is 2. The van der Waals surface area contributed by atoms with E-state index in [1.807, 2.05) is 11.8 Å². The third-order valence-electron chi connectivity index (χ3n) is 2.76. The molecule has 0 saturated carbocycles. The van der Waals surface area contributed by atoms with E-state index in [1.54, 1.807) is 12.1 Å². The average Bonchev–Trinajstić information content (AvgIpc) is 2.80. The van der Waals surface area contributed by atoms with E-state index in [4.69, 9.17) is 0 Å². The van der Waals surface area contributed by atoms with Crippen molar-refractivity contribution >= 4 is 11.8 Å². The fourth-order valence-corrected chi connectivity index (χ4v) is 2.93. The van der Waals surface area contributed by atoms with Gasteiger partial charge in [-0.2, -0.15) is 11.8 Å². The second kappa shape index (κ2) is 5.64. The van der Waals surface area contributed by atoms with Crippen LogP contribution >= 0.6 is 11.8 Å². The van der Waals surface area contributed by atoms with Gasteiger partial charge in [-0.25, -0.2) is 8.78 Å². The van der Waals surface area contributed by atoms with Gasteiger partial charge >= 0.3 is 0 Å². The van der Waals surface area contributed by atoms with E-state index in [-0.39, 0.29) is 5.56 Å². The summed E-state index contributed by atoms with van der Waals surface area (Å²) >= 11 is 1.96. The minimum absolute atomic E-state index is 0.0974. The highest BCUT2D eigenvalue weighted by Crippen LogP contribution is 2.20. The molecule has 16 heavy (non-hydrogen) atoms. The van der Waals surface area contributed by atoms with Crippen molar-refractivity contribution < 1.29 is 8.78 Å². The van der Waals surface area contributed by atoms with Crippen LogP contribution in [0.1, 0.15) is 24.0 Å². The number of alkyl halides is 2. The highest BCUT2D eigenvalue weighted by molar-refractivity contribution is 7.99. The lowest BCUT2D eigenvalue weighted by atomic mass is 10.1. The molecule has 0 spiro atoms. The topological polar surface area (TPSA) is 12.0 Å². The molecule has 1 fully saturated rings. The molecule has 1 aromatic carbocycles. The second-order valence-electron chi connectivity index (χ2n) is 3.98. The maximum absolute atomic E-state index is 12.3. The van der Waals surface area contributed by atoms with Crippen molar-refractivity contribution in [1.82, 2.24) is 5.32 Å². The van der Waals surface area contributed by atoms with Crippen LogP contribution in [-0.4, -0.2) is 17.5 Å². The maximum atomic E-state index is 12.3. The first-order valence-corrected chi connectivity index (χ1v) is 6.59. The van der Waals surface area contributed by atoms with Crippen LogP contribution in [0.3, 0.4) is 0 Å². The molecule has 4 heteroatoms. The zero-order valence-electron chi connectivity index (χ0n) is 8.96. The first-order valence-electron chi connectivity index (χ1n) is 5.44. The molecule has 1 saturated heterocycles. The van der Waals surface area contributed by atoms with Crippen LogP contribution in [0.5, 0.6) is 0 Å². The molecule has 0 radical (unpaired) electrons. The van der Waals surface area contributed by atoms with Gasteiger partial charge in [0.05, 0.1) is 0 Å². The van der Waals surface area contributed by atoms with E-state index in [2.05, 4.69) is 5.32 Å². The van der Waals surface area contributed by atoms with E-state index < -0.39 is 6.43 Å². The molecule has 1 atom stereocenters. The monoisotopic (exact) mass is 243 g/mol. The van der Waals surface area contributed by atoms with Crippen molar-refractivity contribution in [2.24, 2.45) is 0 Å². The number of halogens is 2.